The van der Waals surface area contributed by atoms with E-state index in [-0.39, 0.29) is 16.1 Å². The fourth-order valence-electron chi connectivity index (χ4n) is 3.26. The maximum atomic E-state index is 13.2. The zero-order chi connectivity index (χ0) is 19.1. The van der Waals surface area contributed by atoms with E-state index in [0.717, 1.165) is 24.0 Å². The molecular weight excluding hydrogens is 346 g/mol. The van der Waals surface area contributed by atoms with E-state index in [4.69, 9.17) is 0 Å². The third kappa shape index (κ3) is 3.40. The normalized spacial score (nSPS) is 14.8. The van der Waals surface area contributed by atoms with Crippen LogP contribution in [0.5, 0.6) is 0 Å². The Morgan fingerprint density at radius 3 is 2.27 bits per heavy atom. The van der Waals surface area contributed by atoms with Gasteiger partial charge in [0.05, 0.1) is 10.6 Å². The molecule has 0 unspecified atom stereocenters. The lowest BCUT2D eigenvalue weighted by Gasteiger charge is -2.31. The molecule has 4 nitrogen and oxygen atoms in total. The van der Waals surface area contributed by atoms with E-state index in [2.05, 4.69) is 20.8 Å². The Hall–Kier alpha value is -2.14. The van der Waals surface area contributed by atoms with Crippen LogP contribution >= 0.6 is 0 Å². The smallest absolute Gasteiger partial charge is 0.264 e. The molecule has 0 radical (unpaired) electrons. The van der Waals surface area contributed by atoms with Crippen molar-refractivity contribution in [1.29, 1.82) is 0 Å². The molecule has 2 aromatic carbocycles. The quantitative estimate of drug-likeness (QED) is 0.755. The van der Waals surface area contributed by atoms with Crippen molar-refractivity contribution >= 4 is 21.5 Å². The van der Waals surface area contributed by atoms with Crippen molar-refractivity contribution in [2.75, 3.05) is 10.8 Å². The van der Waals surface area contributed by atoms with Gasteiger partial charge in [-0.1, -0.05) is 45.0 Å². The molecule has 2 aromatic rings. The number of nitrogens with zero attached hydrogens (tertiary/aromatic N) is 1. The Bertz CT molecular complexity index is 938. The number of fused-ring (bicyclic) bond motifs is 1. The van der Waals surface area contributed by atoms with Gasteiger partial charge in [-0.3, -0.25) is 9.10 Å². The van der Waals surface area contributed by atoms with Crippen molar-refractivity contribution in [1.82, 2.24) is 0 Å². The molecule has 0 atom stereocenters. The molecular formula is C21H25NO3S. The summed E-state index contributed by atoms with van der Waals surface area (Å²) in [7, 11) is -3.66. The van der Waals surface area contributed by atoms with Gasteiger partial charge in [-0.25, -0.2) is 8.42 Å². The van der Waals surface area contributed by atoms with Crippen LogP contribution in [-0.4, -0.2) is 20.7 Å². The second-order valence-corrected chi connectivity index (χ2v) is 9.72. The van der Waals surface area contributed by atoms with Crippen molar-refractivity contribution in [3.63, 3.8) is 0 Å². The molecule has 3 rings (SSSR count). The SMILES string of the molecule is CC(=O)c1ccc2c(c1)N(S(=O)(=O)c1ccc(C(C)(C)C)cc1)CCC2. The first-order chi connectivity index (χ1) is 12.1. The zero-order valence-electron chi connectivity index (χ0n) is 15.7. The second kappa shape index (κ2) is 6.54. The van der Waals surface area contributed by atoms with Crippen LogP contribution in [-0.2, 0) is 21.9 Å². The molecule has 0 fully saturated rings. The summed E-state index contributed by atoms with van der Waals surface area (Å²) in [6, 6.07) is 12.5. The van der Waals surface area contributed by atoms with E-state index in [9.17, 15) is 13.2 Å². The van der Waals surface area contributed by atoms with Crippen LogP contribution in [0.2, 0.25) is 0 Å². The topological polar surface area (TPSA) is 54.5 Å². The van der Waals surface area contributed by atoms with E-state index >= 15 is 0 Å². The van der Waals surface area contributed by atoms with Gasteiger partial charge in [0.15, 0.2) is 5.78 Å². The third-order valence-electron chi connectivity index (χ3n) is 4.88. The van der Waals surface area contributed by atoms with Gasteiger partial charge in [0.1, 0.15) is 0 Å². The Morgan fingerprint density at radius 2 is 1.69 bits per heavy atom. The molecule has 1 heterocycles. The highest BCUT2D eigenvalue weighted by molar-refractivity contribution is 7.92. The van der Waals surface area contributed by atoms with Gasteiger partial charge in [0.2, 0.25) is 0 Å². The van der Waals surface area contributed by atoms with Crippen LogP contribution in [0.15, 0.2) is 47.4 Å². The number of Topliss-reactive ketones (excluding diaryl/α,β-unsaturated/α-hetero) is 1. The first-order valence-electron chi connectivity index (χ1n) is 8.88. The molecule has 0 aliphatic carbocycles. The van der Waals surface area contributed by atoms with Crippen LogP contribution in [0.1, 0.15) is 55.6 Å². The molecule has 0 N–H and O–H groups in total. The largest absolute Gasteiger partial charge is 0.295 e. The average molecular weight is 372 g/mol. The lowest BCUT2D eigenvalue weighted by atomic mass is 9.87. The van der Waals surface area contributed by atoms with E-state index in [1.807, 2.05) is 18.2 Å². The number of hydrogen-bond acceptors (Lipinski definition) is 3. The number of anilines is 1. The maximum absolute atomic E-state index is 13.2. The summed E-state index contributed by atoms with van der Waals surface area (Å²) in [5.41, 5.74) is 3.19. The Labute approximate surface area is 155 Å². The van der Waals surface area contributed by atoms with E-state index in [1.165, 1.54) is 11.2 Å². The molecule has 0 amide bonds. The summed E-state index contributed by atoms with van der Waals surface area (Å²) < 4.78 is 27.9. The molecule has 0 aromatic heterocycles. The number of carbonyl (C=O) groups excluding carboxylic acids is 1. The van der Waals surface area contributed by atoms with E-state index < -0.39 is 10.0 Å². The summed E-state index contributed by atoms with van der Waals surface area (Å²) in [5, 5.41) is 0. The number of ketones is 1. The van der Waals surface area contributed by atoms with Gasteiger partial charge < -0.3 is 0 Å². The number of aryl methyl sites for hydroxylation is 1. The van der Waals surface area contributed by atoms with E-state index in [1.54, 1.807) is 24.3 Å². The fraction of sp³-hybridized carbons (Fsp3) is 0.381. The summed E-state index contributed by atoms with van der Waals surface area (Å²) >= 11 is 0. The van der Waals surface area contributed by atoms with Crippen molar-refractivity contribution in [2.45, 2.75) is 50.8 Å². The molecule has 0 bridgehead atoms. The molecule has 0 saturated heterocycles. The Kier molecular flexibility index (Phi) is 4.69. The fourth-order valence-corrected chi connectivity index (χ4v) is 4.80. The second-order valence-electron chi connectivity index (χ2n) is 7.85. The molecule has 0 spiro atoms. The summed E-state index contributed by atoms with van der Waals surface area (Å²) in [6.45, 7) is 8.22. The van der Waals surface area contributed by atoms with Crippen LogP contribution in [0, 0.1) is 0 Å². The zero-order valence-corrected chi connectivity index (χ0v) is 16.6. The standard InChI is InChI=1S/C21H25NO3S/c1-15(23)17-8-7-16-6-5-13-22(20(16)14-17)26(24,25)19-11-9-18(10-12-19)21(2,3)4/h7-12,14H,5-6,13H2,1-4H3. The van der Waals surface area contributed by atoms with Crippen LogP contribution in [0.4, 0.5) is 5.69 Å². The first-order valence-corrected chi connectivity index (χ1v) is 10.3. The van der Waals surface area contributed by atoms with Gasteiger partial charge >= 0.3 is 0 Å². The van der Waals surface area contributed by atoms with Crippen LogP contribution in [0.25, 0.3) is 0 Å². The third-order valence-corrected chi connectivity index (χ3v) is 6.70. The minimum atomic E-state index is -3.66. The average Bonchev–Trinajstić information content (AvgIpc) is 2.60. The van der Waals surface area contributed by atoms with Crippen LogP contribution in [0.3, 0.4) is 0 Å². The summed E-state index contributed by atoms with van der Waals surface area (Å²) in [6.07, 6.45) is 1.59. The Balaban J connectivity index is 2.04. The number of rotatable bonds is 3. The van der Waals surface area contributed by atoms with Gasteiger partial charge in [-0.2, -0.15) is 0 Å². The van der Waals surface area contributed by atoms with Crippen molar-refractivity contribution < 1.29 is 13.2 Å². The van der Waals surface area contributed by atoms with Gasteiger partial charge in [0, 0.05) is 12.1 Å². The van der Waals surface area contributed by atoms with Gasteiger partial charge in [-0.15, -0.1) is 0 Å². The summed E-state index contributed by atoms with van der Waals surface area (Å²) in [4.78, 5) is 12.0. The van der Waals surface area contributed by atoms with E-state index in [0.29, 0.717) is 17.8 Å². The highest BCUT2D eigenvalue weighted by atomic mass is 32.2. The monoisotopic (exact) mass is 371 g/mol. The van der Waals surface area contributed by atoms with Crippen LogP contribution < -0.4 is 4.31 Å². The molecule has 138 valence electrons. The number of carbonyl (C=O) groups is 1. The lowest BCUT2D eigenvalue weighted by Crippen LogP contribution is -2.35. The number of sulfonamides is 1. The Morgan fingerprint density at radius 1 is 1.04 bits per heavy atom. The molecule has 1 aliphatic heterocycles. The minimum absolute atomic E-state index is 0.0313. The first kappa shape index (κ1) is 18.6. The molecule has 26 heavy (non-hydrogen) atoms. The minimum Gasteiger partial charge on any atom is -0.295 e. The summed E-state index contributed by atoms with van der Waals surface area (Å²) in [5.74, 6) is -0.0646. The maximum Gasteiger partial charge on any atom is 0.264 e. The van der Waals surface area contributed by atoms with Gasteiger partial charge in [-0.05, 0) is 54.5 Å². The highest BCUT2D eigenvalue weighted by Gasteiger charge is 2.30. The highest BCUT2D eigenvalue weighted by Crippen LogP contribution is 2.33. The van der Waals surface area contributed by atoms with Crippen molar-refractivity contribution in [2.24, 2.45) is 0 Å². The molecule has 0 saturated carbocycles. The predicted octanol–water partition coefficient (Wildman–Crippen LogP) is 4.33. The number of hydrogen-bond donors (Lipinski definition) is 0. The van der Waals surface area contributed by atoms with Crippen molar-refractivity contribution in [3.8, 4) is 0 Å². The molecule has 5 heteroatoms. The predicted molar refractivity (Wildman–Crippen MR) is 104 cm³/mol. The van der Waals surface area contributed by atoms with Crippen molar-refractivity contribution in [3.05, 3.63) is 59.2 Å². The van der Waals surface area contributed by atoms with Gasteiger partial charge in [0.25, 0.3) is 10.0 Å². The molecule has 1 aliphatic rings. The lowest BCUT2D eigenvalue weighted by molar-refractivity contribution is 0.101. The number of benzene rings is 2.